The fourth-order valence-corrected chi connectivity index (χ4v) is 3.08. The van der Waals surface area contributed by atoms with Gasteiger partial charge < -0.3 is 9.38 Å². The molecule has 0 amide bonds. The molecule has 0 saturated carbocycles. The fourth-order valence-electron chi connectivity index (χ4n) is 3.08. The van der Waals surface area contributed by atoms with Crippen molar-refractivity contribution in [2.45, 2.75) is 20.8 Å². The smallest absolute Gasteiger partial charge is 0.0968 e. The van der Waals surface area contributed by atoms with Crippen molar-refractivity contribution < 1.29 is 4.48 Å². The zero-order chi connectivity index (χ0) is 15.8. The van der Waals surface area contributed by atoms with Gasteiger partial charge >= 0.3 is 0 Å². The van der Waals surface area contributed by atoms with Crippen LogP contribution >= 0.6 is 0 Å². The van der Waals surface area contributed by atoms with Crippen LogP contribution in [0.15, 0.2) is 60.7 Å². The van der Waals surface area contributed by atoms with Crippen LogP contribution in [-0.2, 0) is 0 Å². The molecule has 0 aliphatic heterocycles. The number of para-hydroxylation sites is 2. The lowest BCUT2D eigenvalue weighted by atomic mass is 10.2. The highest BCUT2D eigenvalue weighted by molar-refractivity contribution is 5.62. The van der Waals surface area contributed by atoms with E-state index in [1.807, 2.05) is 0 Å². The minimum atomic E-state index is 1.05. The molecule has 0 aromatic heterocycles. The maximum absolute atomic E-state index is 2.44. The normalized spacial score (nSPS) is 11.4. The van der Waals surface area contributed by atoms with Crippen molar-refractivity contribution in [3.05, 3.63) is 60.7 Å². The summed E-state index contributed by atoms with van der Waals surface area (Å²) >= 11 is 0. The molecule has 2 nitrogen and oxygen atoms in total. The van der Waals surface area contributed by atoms with Crippen LogP contribution in [0.25, 0.3) is 0 Å². The number of quaternary nitrogens is 1. The molecule has 0 unspecified atom stereocenters. The highest BCUT2D eigenvalue weighted by Crippen LogP contribution is 2.25. The van der Waals surface area contributed by atoms with Gasteiger partial charge in [-0.05, 0) is 45.0 Å². The lowest BCUT2D eigenvalue weighted by Gasteiger charge is -2.38. The Morgan fingerprint density at radius 3 is 1.45 bits per heavy atom. The molecule has 118 valence electrons. The molecule has 2 aromatic rings. The van der Waals surface area contributed by atoms with Crippen molar-refractivity contribution in [2.24, 2.45) is 0 Å². The molecule has 2 heteroatoms. The van der Waals surface area contributed by atoms with Crippen molar-refractivity contribution in [1.29, 1.82) is 0 Å². The second-order valence-electron chi connectivity index (χ2n) is 5.84. The Hall–Kier alpha value is -1.80. The van der Waals surface area contributed by atoms with Gasteiger partial charge in [-0.3, -0.25) is 0 Å². The van der Waals surface area contributed by atoms with E-state index in [0.29, 0.717) is 0 Å². The number of rotatable bonds is 8. The van der Waals surface area contributed by atoms with Crippen molar-refractivity contribution in [3.63, 3.8) is 0 Å². The van der Waals surface area contributed by atoms with E-state index in [1.165, 1.54) is 42.0 Å². The van der Waals surface area contributed by atoms with Crippen LogP contribution in [0.3, 0.4) is 0 Å². The fraction of sp³-hybridized carbons (Fsp3) is 0.400. The molecule has 0 heterocycles. The third kappa shape index (κ3) is 3.89. The number of nitrogens with zero attached hydrogens (tertiary/aromatic N) is 2. The summed E-state index contributed by atoms with van der Waals surface area (Å²) in [5, 5.41) is 0. The van der Waals surface area contributed by atoms with Gasteiger partial charge in [0.05, 0.1) is 32.7 Å². The summed E-state index contributed by atoms with van der Waals surface area (Å²) in [5.74, 6) is 0. The van der Waals surface area contributed by atoms with Crippen LogP contribution in [0.1, 0.15) is 20.8 Å². The van der Waals surface area contributed by atoms with Crippen molar-refractivity contribution in [2.75, 3.05) is 37.6 Å². The molecule has 2 rings (SSSR count). The third-order valence-corrected chi connectivity index (χ3v) is 4.95. The predicted molar refractivity (Wildman–Crippen MR) is 96.6 cm³/mol. The maximum Gasteiger partial charge on any atom is 0.0968 e. The van der Waals surface area contributed by atoms with E-state index in [9.17, 15) is 0 Å². The molecule has 22 heavy (non-hydrogen) atoms. The minimum Gasteiger partial charge on any atom is -0.336 e. The molecule has 0 saturated heterocycles. The van der Waals surface area contributed by atoms with Crippen molar-refractivity contribution >= 4 is 11.4 Å². The van der Waals surface area contributed by atoms with Gasteiger partial charge in [0, 0.05) is 11.4 Å². The zero-order valence-corrected chi connectivity index (χ0v) is 14.2. The quantitative estimate of drug-likeness (QED) is 0.638. The number of benzene rings is 2. The third-order valence-electron chi connectivity index (χ3n) is 4.95. The molecule has 0 radical (unpaired) electrons. The summed E-state index contributed by atoms with van der Waals surface area (Å²) in [6, 6.07) is 21.4. The topological polar surface area (TPSA) is 3.24 Å². The van der Waals surface area contributed by atoms with E-state index in [-0.39, 0.29) is 0 Å². The van der Waals surface area contributed by atoms with E-state index in [2.05, 4.69) is 86.3 Å². The van der Waals surface area contributed by atoms with Crippen LogP contribution in [-0.4, -0.2) is 37.2 Å². The number of likely N-dealkylation sites (N-methyl/N-ethyl adjacent to an activating group) is 1. The average Bonchev–Trinajstić information content (AvgIpc) is 2.61. The number of hydrogen-bond donors (Lipinski definition) is 0. The number of anilines is 2. The molecule has 0 spiro atoms. The first-order valence-electron chi connectivity index (χ1n) is 8.47. The summed E-state index contributed by atoms with van der Waals surface area (Å²) < 4.78 is 1.18. The second kappa shape index (κ2) is 8.00. The van der Waals surface area contributed by atoms with Crippen LogP contribution < -0.4 is 4.90 Å². The summed E-state index contributed by atoms with van der Waals surface area (Å²) in [6.07, 6.45) is 0. The van der Waals surface area contributed by atoms with E-state index in [4.69, 9.17) is 0 Å². The monoisotopic (exact) mass is 297 g/mol. The molecule has 0 fully saturated rings. The average molecular weight is 297 g/mol. The summed E-state index contributed by atoms with van der Waals surface area (Å²) in [4.78, 5) is 2.44. The molecular weight excluding hydrogens is 268 g/mol. The summed E-state index contributed by atoms with van der Waals surface area (Å²) in [6.45, 7) is 12.7. The van der Waals surface area contributed by atoms with Gasteiger partial charge in [-0.25, -0.2) is 0 Å². The SMILES string of the molecule is CC[N+](CC)(CC)CCN(c1ccccc1)c1ccccc1. The lowest BCUT2D eigenvalue weighted by molar-refractivity contribution is -0.921. The van der Waals surface area contributed by atoms with Gasteiger partial charge in [-0.1, -0.05) is 36.4 Å². The molecule has 0 aliphatic carbocycles. The lowest BCUT2D eigenvalue weighted by Crippen LogP contribution is -2.51. The van der Waals surface area contributed by atoms with Gasteiger partial charge in [-0.15, -0.1) is 0 Å². The minimum absolute atomic E-state index is 1.05. The Morgan fingerprint density at radius 2 is 1.09 bits per heavy atom. The summed E-state index contributed by atoms with van der Waals surface area (Å²) in [7, 11) is 0. The van der Waals surface area contributed by atoms with E-state index < -0.39 is 0 Å². The molecule has 0 aliphatic rings. The highest BCUT2D eigenvalue weighted by atomic mass is 15.4. The van der Waals surface area contributed by atoms with Gasteiger partial charge in [0.1, 0.15) is 0 Å². The highest BCUT2D eigenvalue weighted by Gasteiger charge is 2.22. The molecule has 2 aromatic carbocycles. The zero-order valence-electron chi connectivity index (χ0n) is 14.2. The van der Waals surface area contributed by atoms with Crippen LogP contribution in [0, 0.1) is 0 Å². The Labute approximate surface area is 135 Å². The molecular formula is C20H29N2+. The first-order chi connectivity index (χ1) is 10.7. The first-order valence-corrected chi connectivity index (χ1v) is 8.47. The summed E-state index contributed by atoms with van der Waals surface area (Å²) in [5.41, 5.74) is 2.55. The van der Waals surface area contributed by atoms with E-state index in [0.717, 1.165) is 6.54 Å². The Kier molecular flexibility index (Phi) is 6.02. The maximum atomic E-state index is 2.44. The second-order valence-corrected chi connectivity index (χ2v) is 5.84. The largest absolute Gasteiger partial charge is 0.336 e. The molecule has 0 bridgehead atoms. The number of hydrogen-bond acceptors (Lipinski definition) is 1. The molecule has 0 N–H and O–H groups in total. The van der Waals surface area contributed by atoms with Crippen LogP contribution in [0.4, 0.5) is 11.4 Å². The van der Waals surface area contributed by atoms with Gasteiger partial charge in [0.2, 0.25) is 0 Å². The van der Waals surface area contributed by atoms with Gasteiger partial charge in [0.15, 0.2) is 0 Å². The van der Waals surface area contributed by atoms with E-state index >= 15 is 0 Å². The van der Waals surface area contributed by atoms with E-state index in [1.54, 1.807) is 0 Å². The van der Waals surface area contributed by atoms with Crippen molar-refractivity contribution in [3.8, 4) is 0 Å². The van der Waals surface area contributed by atoms with Crippen LogP contribution in [0.2, 0.25) is 0 Å². The van der Waals surface area contributed by atoms with Crippen LogP contribution in [0.5, 0.6) is 0 Å². The van der Waals surface area contributed by atoms with Gasteiger partial charge in [0.25, 0.3) is 0 Å². The Morgan fingerprint density at radius 1 is 0.682 bits per heavy atom. The Balaban J connectivity index is 2.23. The molecule has 0 atom stereocenters. The standard InChI is InChI=1S/C20H29N2/c1-4-22(5-2,6-3)18-17-21(19-13-9-7-10-14-19)20-15-11-8-12-16-20/h7-16H,4-6,17-18H2,1-3H3/q+1. The predicted octanol–water partition coefficient (Wildman–Crippen LogP) is 4.70. The van der Waals surface area contributed by atoms with Gasteiger partial charge in [-0.2, -0.15) is 0 Å². The van der Waals surface area contributed by atoms with Crippen molar-refractivity contribution in [1.82, 2.24) is 0 Å². The first kappa shape index (κ1) is 16.6. The Bertz CT molecular complexity index is 484.